The maximum absolute atomic E-state index is 4.65. The molecule has 0 bridgehead atoms. The molecule has 0 saturated heterocycles. The highest BCUT2D eigenvalue weighted by atomic mass is 15.3. The summed E-state index contributed by atoms with van der Waals surface area (Å²) in [7, 11) is 2.05. The second kappa shape index (κ2) is 3.74. The van der Waals surface area contributed by atoms with Gasteiger partial charge in [-0.3, -0.25) is 9.67 Å². The van der Waals surface area contributed by atoms with Crippen molar-refractivity contribution in [3.8, 4) is 11.3 Å². The molecule has 0 spiro atoms. The molecule has 3 nitrogen and oxygen atoms in total. The van der Waals surface area contributed by atoms with Crippen LogP contribution in [0.5, 0.6) is 0 Å². The third kappa shape index (κ3) is 1.43. The van der Waals surface area contributed by atoms with Gasteiger partial charge in [0.25, 0.3) is 0 Å². The summed E-state index contributed by atoms with van der Waals surface area (Å²) in [6.07, 6.45) is 8.59. The van der Waals surface area contributed by atoms with E-state index < -0.39 is 0 Å². The summed E-state index contributed by atoms with van der Waals surface area (Å²) in [5.74, 6) is 0. The first-order valence-corrected chi connectivity index (χ1v) is 5.81. The molecule has 1 aliphatic rings. The van der Waals surface area contributed by atoms with E-state index in [1.807, 2.05) is 29.2 Å². The van der Waals surface area contributed by atoms with Gasteiger partial charge in [-0.1, -0.05) is 0 Å². The summed E-state index contributed by atoms with van der Waals surface area (Å²) in [5, 5.41) is 4.65. The summed E-state index contributed by atoms with van der Waals surface area (Å²) in [5.41, 5.74) is 5.20. The van der Waals surface area contributed by atoms with E-state index in [2.05, 4.69) is 17.1 Å². The smallest absolute Gasteiger partial charge is 0.0959 e. The Labute approximate surface area is 95.1 Å². The van der Waals surface area contributed by atoms with Crippen molar-refractivity contribution in [3.63, 3.8) is 0 Å². The van der Waals surface area contributed by atoms with Crippen LogP contribution in [0.4, 0.5) is 0 Å². The Kier molecular flexibility index (Phi) is 2.24. The molecule has 0 aliphatic heterocycles. The number of fused-ring (bicyclic) bond motifs is 1. The van der Waals surface area contributed by atoms with Gasteiger partial charge >= 0.3 is 0 Å². The van der Waals surface area contributed by atoms with Crippen molar-refractivity contribution in [2.75, 3.05) is 0 Å². The van der Waals surface area contributed by atoms with Crippen molar-refractivity contribution in [3.05, 3.63) is 35.8 Å². The van der Waals surface area contributed by atoms with Crippen LogP contribution in [0.2, 0.25) is 0 Å². The van der Waals surface area contributed by atoms with Crippen LogP contribution in [-0.4, -0.2) is 14.8 Å². The highest BCUT2D eigenvalue weighted by molar-refractivity contribution is 5.63. The van der Waals surface area contributed by atoms with Crippen LogP contribution in [-0.2, 0) is 19.9 Å². The highest BCUT2D eigenvalue weighted by Gasteiger charge is 2.19. The molecule has 3 rings (SSSR count). The van der Waals surface area contributed by atoms with Crippen LogP contribution in [0.15, 0.2) is 24.5 Å². The first-order chi connectivity index (χ1) is 7.86. The minimum Gasteiger partial charge on any atom is -0.272 e. The molecule has 0 aromatic carbocycles. The minimum atomic E-state index is 1.15. The topological polar surface area (TPSA) is 30.7 Å². The van der Waals surface area contributed by atoms with Gasteiger partial charge in [0.05, 0.1) is 5.69 Å². The van der Waals surface area contributed by atoms with Crippen LogP contribution < -0.4 is 0 Å². The second-order valence-electron chi connectivity index (χ2n) is 4.34. The number of nitrogens with zero attached hydrogens (tertiary/aromatic N) is 3. The van der Waals surface area contributed by atoms with Crippen molar-refractivity contribution in [1.29, 1.82) is 0 Å². The Hall–Kier alpha value is -1.64. The number of aromatic nitrogens is 3. The molecule has 0 unspecified atom stereocenters. The van der Waals surface area contributed by atoms with Crippen molar-refractivity contribution in [2.45, 2.75) is 25.7 Å². The molecular weight excluding hydrogens is 198 g/mol. The van der Waals surface area contributed by atoms with Gasteiger partial charge in [0.1, 0.15) is 0 Å². The van der Waals surface area contributed by atoms with Gasteiger partial charge in [0, 0.05) is 36.3 Å². The van der Waals surface area contributed by atoms with Crippen LogP contribution in [0.1, 0.15) is 24.1 Å². The molecule has 0 radical (unpaired) electrons. The molecule has 0 amide bonds. The Morgan fingerprint density at radius 2 is 1.88 bits per heavy atom. The Bertz CT molecular complexity index is 499. The SMILES string of the molecule is Cn1nc(-c2ccncc2)c2c1CCCC2. The summed E-state index contributed by atoms with van der Waals surface area (Å²) in [6.45, 7) is 0. The summed E-state index contributed by atoms with van der Waals surface area (Å²) >= 11 is 0. The number of pyridine rings is 1. The number of rotatable bonds is 1. The fourth-order valence-corrected chi connectivity index (χ4v) is 2.51. The van der Waals surface area contributed by atoms with Gasteiger partial charge in [0.2, 0.25) is 0 Å². The third-order valence-corrected chi connectivity index (χ3v) is 3.32. The van der Waals surface area contributed by atoms with Crippen molar-refractivity contribution >= 4 is 0 Å². The molecule has 1 aliphatic carbocycles. The molecule has 3 heteroatoms. The van der Waals surface area contributed by atoms with Gasteiger partial charge in [-0.15, -0.1) is 0 Å². The van der Waals surface area contributed by atoms with Crippen molar-refractivity contribution in [1.82, 2.24) is 14.8 Å². The third-order valence-electron chi connectivity index (χ3n) is 3.32. The van der Waals surface area contributed by atoms with E-state index >= 15 is 0 Å². The van der Waals surface area contributed by atoms with E-state index in [9.17, 15) is 0 Å². The normalized spacial score (nSPS) is 14.8. The molecule has 2 aromatic rings. The quantitative estimate of drug-likeness (QED) is 0.728. The Balaban J connectivity index is 2.15. The maximum Gasteiger partial charge on any atom is 0.0959 e. The predicted octanol–water partition coefficient (Wildman–Crippen LogP) is 2.36. The average molecular weight is 213 g/mol. The van der Waals surface area contributed by atoms with Crippen molar-refractivity contribution in [2.24, 2.45) is 7.05 Å². The maximum atomic E-state index is 4.65. The zero-order valence-electron chi connectivity index (χ0n) is 9.48. The van der Waals surface area contributed by atoms with E-state index in [0.717, 1.165) is 5.69 Å². The first-order valence-electron chi connectivity index (χ1n) is 5.81. The van der Waals surface area contributed by atoms with Gasteiger partial charge < -0.3 is 0 Å². The van der Waals surface area contributed by atoms with E-state index in [-0.39, 0.29) is 0 Å². The number of hydrogen-bond donors (Lipinski definition) is 0. The van der Waals surface area contributed by atoms with Crippen LogP contribution >= 0.6 is 0 Å². The summed E-state index contributed by atoms with van der Waals surface area (Å²) in [6, 6.07) is 4.08. The van der Waals surface area contributed by atoms with E-state index in [4.69, 9.17) is 0 Å². The zero-order chi connectivity index (χ0) is 11.0. The molecule has 0 N–H and O–H groups in total. The molecule has 2 heterocycles. The van der Waals surface area contributed by atoms with Gasteiger partial charge in [0.15, 0.2) is 0 Å². The lowest BCUT2D eigenvalue weighted by atomic mass is 9.94. The standard InChI is InChI=1S/C13H15N3/c1-16-12-5-3-2-4-11(12)13(15-16)10-6-8-14-9-7-10/h6-9H,2-5H2,1H3. The molecule has 2 aromatic heterocycles. The molecule has 16 heavy (non-hydrogen) atoms. The van der Waals surface area contributed by atoms with E-state index in [1.54, 1.807) is 0 Å². The van der Waals surface area contributed by atoms with E-state index in [1.165, 1.54) is 42.5 Å². The van der Waals surface area contributed by atoms with Gasteiger partial charge in [-0.2, -0.15) is 5.10 Å². The minimum absolute atomic E-state index is 1.15. The highest BCUT2D eigenvalue weighted by Crippen LogP contribution is 2.30. The molecule has 0 saturated carbocycles. The Morgan fingerprint density at radius 1 is 1.12 bits per heavy atom. The zero-order valence-corrected chi connectivity index (χ0v) is 9.48. The fourth-order valence-electron chi connectivity index (χ4n) is 2.51. The van der Waals surface area contributed by atoms with Crippen LogP contribution in [0, 0.1) is 0 Å². The van der Waals surface area contributed by atoms with Crippen molar-refractivity contribution < 1.29 is 0 Å². The largest absolute Gasteiger partial charge is 0.272 e. The predicted molar refractivity (Wildman–Crippen MR) is 63.1 cm³/mol. The molecular formula is C13H15N3. The van der Waals surface area contributed by atoms with E-state index in [0.29, 0.717) is 0 Å². The first kappa shape index (κ1) is 9.58. The lowest BCUT2D eigenvalue weighted by Crippen LogP contribution is -2.05. The Morgan fingerprint density at radius 3 is 2.69 bits per heavy atom. The molecule has 0 atom stereocenters. The van der Waals surface area contributed by atoms with Crippen LogP contribution in [0.25, 0.3) is 11.3 Å². The molecule has 82 valence electrons. The van der Waals surface area contributed by atoms with Gasteiger partial charge in [-0.25, -0.2) is 0 Å². The molecule has 0 fully saturated rings. The van der Waals surface area contributed by atoms with Crippen LogP contribution in [0.3, 0.4) is 0 Å². The second-order valence-corrected chi connectivity index (χ2v) is 4.34. The number of aryl methyl sites for hydroxylation is 1. The average Bonchev–Trinajstić information content (AvgIpc) is 2.69. The monoisotopic (exact) mass is 213 g/mol. The lowest BCUT2D eigenvalue weighted by Gasteiger charge is -2.12. The summed E-state index contributed by atoms with van der Waals surface area (Å²) in [4.78, 5) is 4.06. The lowest BCUT2D eigenvalue weighted by molar-refractivity contribution is 0.626. The number of hydrogen-bond acceptors (Lipinski definition) is 2. The fraction of sp³-hybridized carbons (Fsp3) is 0.385. The summed E-state index contributed by atoms with van der Waals surface area (Å²) < 4.78 is 2.05. The van der Waals surface area contributed by atoms with Gasteiger partial charge in [-0.05, 0) is 37.8 Å².